The van der Waals surface area contributed by atoms with E-state index in [0.29, 0.717) is 0 Å². The Morgan fingerprint density at radius 3 is 1.87 bits per heavy atom. The molecule has 0 amide bonds. The number of carbonyl (C=O) groups excluding carboxylic acids is 1. The number of carbonyl (C=O) groups is 1. The fourth-order valence-corrected chi connectivity index (χ4v) is 2.93. The Kier molecular flexibility index (Phi) is 7.91. The van der Waals surface area contributed by atoms with Crippen LogP contribution in [0.5, 0.6) is 0 Å². The predicted molar refractivity (Wildman–Crippen MR) is 86.3 cm³/mol. The number of esters is 1. The van der Waals surface area contributed by atoms with E-state index in [1.807, 2.05) is 0 Å². The van der Waals surface area contributed by atoms with E-state index in [9.17, 15) is 31.1 Å². The lowest BCUT2D eigenvalue weighted by Crippen LogP contribution is -2.58. The first kappa shape index (κ1) is 23.4. The third-order valence-corrected chi connectivity index (χ3v) is 5.51. The summed E-state index contributed by atoms with van der Waals surface area (Å²) >= 11 is 3.43. The third kappa shape index (κ3) is 5.45. The first-order chi connectivity index (χ1) is 10.0. The molecule has 4 nitrogen and oxygen atoms in total. The van der Waals surface area contributed by atoms with E-state index in [1.54, 1.807) is 52.4 Å². The van der Waals surface area contributed by atoms with Crippen LogP contribution in [-0.4, -0.2) is 44.6 Å². The lowest BCUT2D eigenvalue weighted by molar-refractivity contribution is -0.373. The molecule has 23 heavy (non-hydrogen) atoms. The standard InChI is InChI=1S/C11H15F6I2NO3/c1-5(23-7(21)8(3,18)6(2)20-19)4-9(22,10(12,13)14)11(15,16)17/h5-6,20,22H,4H2,1-3H3. The number of ether oxygens (including phenoxy) is 1. The summed E-state index contributed by atoms with van der Waals surface area (Å²) in [4.78, 5) is 11.9. The lowest BCUT2D eigenvalue weighted by Gasteiger charge is -2.35. The summed E-state index contributed by atoms with van der Waals surface area (Å²) in [5.41, 5.74) is -4.95. The normalized spacial score (nSPS) is 19.0. The summed E-state index contributed by atoms with van der Waals surface area (Å²) in [7, 11) is 0. The lowest BCUT2D eigenvalue weighted by atomic mass is 9.95. The van der Waals surface area contributed by atoms with Gasteiger partial charge in [0, 0.05) is 35.3 Å². The molecule has 0 aromatic rings. The maximum Gasteiger partial charge on any atom is 0.426 e. The Labute approximate surface area is 156 Å². The molecule has 0 saturated carbocycles. The number of rotatable bonds is 6. The smallest absolute Gasteiger partial charge is 0.426 e. The zero-order valence-electron chi connectivity index (χ0n) is 12.1. The van der Waals surface area contributed by atoms with Crippen molar-refractivity contribution in [2.75, 3.05) is 0 Å². The Morgan fingerprint density at radius 1 is 1.17 bits per heavy atom. The molecule has 0 saturated heterocycles. The van der Waals surface area contributed by atoms with E-state index >= 15 is 0 Å². The minimum atomic E-state index is -5.95. The van der Waals surface area contributed by atoms with Gasteiger partial charge in [-0.2, -0.15) is 26.3 Å². The number of halogens is 8. The van der Waals surface area contributed by atoms with E-state index in [4.69, 9.17) is 5.11 Å². The van der Waals surface area contributed by atoms with Gasteiger partial charge < -0.3 is 9.84 Å². The van der Waals surface area contributed by atoms with Crippen LogP contribution in [0, 0.1) is 0 Å². The van der Waals surface area contributed by atoms with Crippen molar-refractivity contribution in [2.24, 2.45) is 0 Å². The highest BCUT2D eigenvalue weighted by Crippen LogP contribution is 2.46. The molecule has 138 valence electrons. The van der Waals surface area contributed by atoms with E-state index in [-0.39, 0.29) is 0 Å². The van der Waals surface area contributed by atoms with E-state index in [0.717, 1.165) is 6.92 Å². The van der Waals surface area contributed by atoms with Crippen molar-refractivity contribution in [1.29, 1.82) is 0 Å². The molecule has 0 aliphatic rings. The number of aliphatic hydroxyl groups is 1. The topological polar surface area (TPSA) is 58.6 Å². The average Bonchev–Trinajstić information content (AvgIpc) is 2.34. The van der Waals surface area contributed by atoms with Gasteiger partial charge in [0.25, 0.3) is 5.60 Å². The number of alkyl halides is 7. The monoisotopic (exact) mass is 577 g/mol. The Balaban J connectivity index is 5.20. The van der Waals surface area contributed by atoms with Crippen LogP contribution in [0.25, 0.3) is 0 Å². The van der Waals surface area contributed by atoms with Crippen molar-refractivity contribution >= 4 is 51.4 Å². The van der Waals surface area contributed by atoms with Crippen LogP contribution in [0.4, 0.5) is 26.3 Å². The van der Waals surface area contributed by atoms with Gasteiger partial charge in [-0.3, -0.25) is 8.32 Å². The quantitative estimate of drug-likeness (QED) is 0.167. The zero-order chi connectivity index (χ0) is 18.9. The van der Waals surface area contributed by atoms with E-state index < -0.39 is 45.9 Å². The second-order valence-electron chi connectivity index (χ2n) is 5.18. The molecule has 0 aliphatic carbocycles. The Morgan fingerprint density at radius 2 is 1.57 bits per heavy atom. The first-order valence-corrected chi connectivity index (χ1v) is 8.28. The fraction of sp³-hybridized carbons (Fsp3) is 0.909. The molecule has 0 radical (unpaired) electrons. The largest absolute Gasteiger partial charge is 0.462 e. The summed E-state index contributed by atoms with van der Waals surface area (Å²) in [6.45, 7) is 3.86. The predicted octanol–water partition coefficient (Wildman–Crippen LogP) is 3.69. The highest BCUT2D eigenvalue weighted by Gasteiger charge is 2.70. The van der Waals surface area contributed by atoms with Crippen LogP contribution in [0.1, 0.15) is 27.2 Å². The van der Waals surface area contributed by atoms with Crippen molar-refractivity contribution in [3.8, 4) is 0 Å². The molecule has 0 rings (SSSR count). The molecule has 0 aliphatic heterocycles. The van der Waals surface area contributed by atoms with Gasteiger partial charge in [0.2, 0.25) is 0 Å². The van der Waals surface area contributed by atoms with Gasteiger partial charge >= 0.3 is 18.3 Å². The molecule has 0 aromatic heterocycles. The van der Waals surface area contributed by atoms with E-state index in [2.05, 4.69) is 8.27 Å². The maximum absolute atomic E-state index is 12.6. The minimum Gasteiger partial charge on any atom is -0.462 e. The van der Waals surface area contributed by atoms with Crippen LogP contribution in [0.2, 0.25) is 0 Å². The van der Waals surface area contributed by atoms with Crippen LogP contribution in [0.15, 0.2) is 0 Å². The van der Waals surface area contributed by atoms with Crippen molar-refractivity contribution in [2.45, 2.75) is 60.7 Å². The van der Waals surface area contributed by atoms with Crippen molar-refractivity contribution in [1.82, 2.24) is 3.53 Å². The maximum atomic E-state index is 12.6. The highest BCUT2D eigenvalue weighted by molar-refractivity contribution is 14.1. The van der Waals surface area contributed by atoms with Crippen molar-refractivity contribution in [3.05, 3.63) is 0 Å². The van der Waals surface area contributed by atoms with Crippen molar-refractivity contribution in [3.63, 3.8) is 0 Å². The average molecular weight is 577 g/mol. The number of hydrogen-bond acceptors (Lipinski definition) is 4. The molecule has 0 fully saturated rings. The summed E-state index contributed by atoms with van der Waals surface area (Å²) in [6.07, 6.45) is -15.5. The summed E-state index contributed by atoms with van der Waals surface area (Å²) in [5, 5.41) is 9.07. The second kappa shape index (κ2) is 7.76. The van der Waals surface area contributed by atoms with Gasteiger partial charge in [-0.05, 0) is 20.8 Å². The molecular formula is C11H15F6I2NO3. The van der Waals surface area contributed by atoms with Crippen LogP contribution >= 0.6 is 45.5 Å². The number of nitrogens with one attached hydrogen (secondary N) is 1. The van der Waals surface area contributed by atoms with Gasteiger partial charge in [0.1, 0.15) is 9.53 Å². The number of hydrogen-bond donors (Lipinski definition) is 2. The molecule has 12 heteroatoms. The van der Waals surface area contributed by atoms with Gasteiger partial charge in [-0.15, -0.1) is 0 Å². The molecule has 0 heterocycles. The SMILES string of the molecule is CC(CC(O)(C(F)(F)F)C(F)(F)F)OC(=O)C(C)(I)C(C)NI. The Hall–Kier alpha value is 0.430. The van der Waals surface area contributed by atoms with Crippen LogP contribution in [-0.2, 0) is 9.53 Å². The van der Waals surface area contributed by atoms with Gasteiger partial charge in [0.15, 0.2) is 0 Å². The summed E-state index contributed by atoms with van der Waals surface area (Å²) < 4.78 is 81.7. The molecular weight excluding hydrogens is 562 g/mol. The summed E-state index contributed by atoms with van der Waals surface area (Å²) in [5.74, 6) is -0.992. The fourth-order valence-electron chi connectivity index (χ4n) is 1.43. The molecule has 0 bridgehead atoms. The highest BCUT2D eigenvalue weighted by atomic mass is 127. The molecule has 0 aromatic carbocycles. The third-order valence-electron chi connectivity index (χ3n) is 3.20. The van der Waals surface area contributed by atoms with Gasteiger partial charge in [-0.25, -0.2) is 0 Å². The first-order valence-electron chi connectivity index (χ1n) is 6.12. The molecule has 0 spiro atoms. The van der Waals surface area contributed by atoms with Crippen LogP contribution in [0.3, 0.4) is 0 Å². The van der Waals surface area contributed by atoms with Crippen molar-refractivity contribution < 1.29 is 41.0 Å². The summed E-state index contributed by atoms with van der Waals surface area (Å²) in [6, 6.07) is -0.465. The molecule has 3 unspecified atom stereocenters. The van der Waals surface area contributed by atoms with Crippen LogP contribution < -0.4 is 3.53 Å². The minimum absolute atomic E-state index is 0.465. The molecule has 3 atom stereocenters. The second-order valence-corrected chi connectivity index (χ2v) is 8.05. The van der Waals surface area contributed by atoms with Gasteiger partial charge in [-0.1, -0.05) is 22.6 Å². The molecule has 2 N–H and O–H groups in total. The zero-order valence-corrected chi connectivity index (χ0v) is 16.5. The van der Waals surface area contributed by atoms with E-state index in [1.165, 1.54) is 6.92 Å². The van der Waals surface area contributed by atoms with Gasteiger partial charge in [0.05, 0.1) is 0 Å². The Bertz CT molecular complexity index is 413.